The van der Waals surface area contributed by atoms with Gasteiger partial charge in [-0.15, -0.1) is 0 Å². The summed E-state index contributed by atoms with van der Waals surface area (Å²) in [5.41, 5.74) is 4.41. The molecule has 7 nitrogen and oxygen atoms in total. The van der Waals surface area contributed by atoms with E-state index in [-0.39, 0.29) is 17.7 Å². The van der Waals surface area contributed by atoms with Gasteiger partial charge in [-0.25, -0.2) is 4.39 Å². The van der Waals surface area contributed by atoms with Crippen LogP contribution in [-0.2, 0) is 25.5 Å². The Bertz CT molecular complexity index is 1210. The zero-order chi connectivity index (χ0) is 31.8. The molecule has 2 aromatic carbocycles. The number of halogens is 1. The molecule has 1 fully saturated rings. The second-order valence-corrected chi connectivity index (χ2v) is 10.4. The van der Waals surface area contributed by atoms with E-state index in [0.717, 1.165) is 36.0 Å². The summed E-state index contributed by atoms with van der Waals surface area (Å²) < 4.78 is 17.5. The van der Waals surface area contributed by atoms with Gasteiger partial charge in [-0.2, -0.15) is 0 Å². The van der Waals surface area contributed by atoms with Crippen molar-refractivity contribution in [3.63, 3.8) is 0 Å². The van der Waals surface area contributed by atoms with Gasteiger partial charge in [0.15, 0.2) is 6.29 Å². The number of hydrogen-bond acceptors (Lipinski definition) is 6. The molecule has 0 N–H and O–H groups in total. The number of ether oxygens (including phenoxy) is 1. The Morgan fingerprint density at radius 1 is 1.00 bits per heavy atom. The fourth-order valence-electron chi connectivity index (χ4n) is 4.77. The second kappa shape index (κ2) is 18.7. The third kappa shape index (κ3) is 11.3. The monoisotopic (exact) mass is 582 g/mol. The van der Waals surface area contributed by atoms with Crippen LogP contribution in [0.1, 0.15) is 72.6 Å². The first-order valence-electron chi connectivity index (χ1n) is 14.6. The van der Waals surface area contributed by atoms with Crippen molar-refractivity contribution in [3.05, 3.63) is 76.1 Å². The fourth-order valence-corrected chi connectivity index (χ4v) is 4.77. The average molecular weight is 583 g/mol. The van der Waals surface area contributed by atoms with Crippen LogP contribution in [0.15, 0.2) is 42.5 Å². The second-order valence-electron chi connectivity index (χ2n) is 10.4. The number of esters is 1. The number of rotatable bonds is 9. The van der Waals surface area contributed by atoms with E-state index in [4.69, 9.17) is 0 Å². The van der Waals surface area contributed by atoms with Crippen molar-refractivity contribution in [3.8, 4) is 0 Å². The van der Waals surface area contributed by atoms with E-state index in [1.165, 1.54) is 19.2 Å². The number of benzene rings is 2. The van der Waals surface area contributed by atoms with E-state index in [1.807, 2.05) is 71.8 Å². The van der Waals surface area contributed by atoms with Gasteiger partial charge in [0.05, 0.1) is 13.7 Å². The first kappa shape index (κ1) is 36.4. The molecule has 1 aliphatic rings. The number of likely N-dealkylation sites (N-methyl/N-ethyl adjacent to an activating group) is 1. The van der Waals surface area contributed by atoms with Gasteiger partial charge in [-0.1, -0.05) is 45.0 Å². The van der Waals surface area contributed by atoms with Gasteiger partial charge in [-0.3, -0.25) is 24.1 Å². The van der Waals surface area contributed by atoms with Crippen LogP contribution in [0.25, 0.3) is 5.57 Å². The van der Waals surface area contributed by atoms with Crippen molar-refractivity contribution in [2.45, 2.75) is 60.3 Å². The lowest BCUT2D eigenvalue weighted by Gasteiger charge is -2.32. The van der Waals surface area contributed by atoms with Crippen LogP contribution < -0.4 is 0 Å². The number of piperidine rings is 1. The molecule has 1 saturated heterocycles. The third-order valence-corrected chi connectivity index (χ3v) is 6.89. The Morgan fingerprint density at radius 2 is 1.57 bits per heavy atom. The molecule has 1 amide bonds. The number of carbonyl (C=O) groups excluding carboxylic acids is 4. The van der Waals surface area contributed by atoms with Crippen LogP contribution in [0.4, 0.5) is 4.39 Å². The average Bonchev–Trinajstić information content (AvgIpc) is 2.98. The van der Waals surface area contributed by atoms with Gasteiger partial charge in [0, 0.05) is 24.2 Å². The molecular formula is C34H47FN2O5. The Hall–Kier alpha value is -3.65. The van der Waals surface area contributed by atoms with Crippen LogP contribution in [0.5, 0.6) is 0 Å². The highest BCUT2D eigenvalue weighted by Crippen LogP contribution is 2.27. The molecule has 42 heavy (non-hydrogen) atoms. The lowest BCUT2D eigenvalue weighted by Crippen LogP contribution is -2.39. The van der Waals surface area contributed by atoms with E-state index in [1.54, 1.807) is 17.0 Å². The Balaban J connectivity index is 0.000000762. The minimum Gasteiger partial charge on any atom is -0.468 e. The van der Waals surface area contributed by atoms with E-state index < -0.39 is 5.78 Å². The van der Waals surface area contributed by atoms with Crippen molar-refractivity contribution in [2.75, 3.05) is 40.8 Å². The summed E-state index contributed by atoms with van der Waals surface area (Å²) in [7, 11) is 5.01. The molecule has 0 atom stereocenters. The van der Waals surface area contributed by atoms with Crippen molar-refractivity contribution < 1.29 is 28.3 Å². The molecule has 0 saturated carbocycles. The number of allylic oxidation sites excluding steroid dienone is 2. The Labute approximate surface area is 250 Å². The minimum absolute atomic E-state index is 0.0432. The van der Waals surface area contributed by atoms with Crippen molar-refractivity contribution in [1.82, 2.24) is 9.80 Å². The quantitative estimate of drug-likeness (QED) is 0.160. The van der Waals surface area contributed by atoms with Gasteiger partial charge in [0.2, 0.25) is 5.78 Å². The number of Topliss-reactive ketones (excluding diaryl/α,β-unsaturated/α-hetero) is 1. The van der Waals surface area contributed by atoms with E-state index >= 15 is 0 Å². The van der Waals surface area contributed by atoms with E-state index in [9.17, 15) is 23.6 Å². The van der Waals surface area contributed by atoms with Crippen molar-refractivity contribution in [2.24, 2.45) is 5.92 Å². The minimum atomic E-state index is -0.571. The van der Waals surface area contributed by atoms with Gasteiger partial charge < -0.3 is 9.64 Å². The number of hydrogen-bond donors (Lipinski definition) is 0. The summed E-state index contributed by atoms with van der Waals surface area (Å²) in [6.07, 6.45) is 5.36. The maximum Gasteiger partial charge on any atom is 0.319 e. The number of amides is 1. The summed E-state index contributed by atoms with van der Waals surface area (Å²) >= 11 is 0. The van der Waals surface area contributed by atoms with Gasteiger partial charge in [-0.05, 0) is 100.0 Å². The lowest BCUT2D eigenvalue weighted by molar-refractivity contribution is -0.141. The molecule has 0 bridgehead atoms. The molecule has 0 unspecified atom stereocenters. The zero-order valence-electron chi connectivity index (χ0n) is 26.5. The van der Waals surface area contributed by atoms with Crippen LogP contribution in [-0.4, -0.2) is 74.6 Å². The summed E-state index contributed by atoms with van der Waals surface area (Å²) in [6, 6.07) is 10.3. The molecule has 0 spiro atoms. The Morgan fingerprint density at radius 3 is 2.05 bits per heavy atom. The predicted molar refractivity (Wildman–Crippen MR) is 166 cm³/mol. The van der Waals surface area contributed by atoms with Crippen molar-refractivity contribution >= 4 is 29.5 Å². The highest BCUT2D eigenvalue weighted by atomic mass is 19.1. The summed E-state index contributed by atoms with van der Waals surface area (Å²) in [5.74, 6) is -0.579. The molecular weight excluding hydrogens is 535 g/mol. The number of ketones is 1. The first-order chi connectivity index (χ1) is 20.0. The van der Waals surface area contributed by atoms with Gasteiger partial charge in [0.1, 0.15) is 5.82 Å². The summed E-state index contributed by atoms with van der Waals surface area (Å²) in [5, 5.41) is 0. The zero-order valence-corrected chi connectivity index (χ0v) is 26.5. The van der Waals surface area contributed by atoms with E-state index in [0.29, 0.717) is 55.0 Å². The summed E-state index contributed by atoms with van der Waals surface area (Å²) in [6.45, 7) is 11.4. The highest BCUT2D eigenvalue weighted by molar-refractivity contribution is 6.46. The largest absolute Gasteiger partial charge is 0.468 e. The third-order valence-electron chi connectivity index (χ3n) is 6.89. The molecule has 1 aliphatic heterocycles. The van der Waals surface area contributed by atoms with Gasteiger partial charge in [0.25, 0.3) is 5.91 Å². The topological polar surface area (TPSA) is 84.0 Å². The molecule has 1 heterocycles. The molecule has 0 aromatic heterocycles. The van der Waals surface area contributed by atoms with Crippen molar-refractivity contribution in [1.29, 1.82) is 0 Å². The number of aldehydes is 1. The van der Waals surface area contributed by atoms with Crippen LogP contribution >= 0.6 is 0 Å². The number of methoxy groups -OCH3 is 1. The van der Waals surface area contributed by atoms with Gasteiger partial charge >= 0.3 is 5.97 Å². The highest BCUT2D eigenvalue weighted by Gasteiger charge is 2.26. The summed E-state index contributed by atoms with van der Waals surface area (Å²) in [4.78, 5) is 50.6. The fraction of sp³-hybridized carbons (Fsp3) is 0.471. The predicted octanol–water partition coefficient (Wildman–Crippen LogP) is 5.85. The smallest absolute Gasteiger partial charge is 0.319 e. The maximum absolute atomic E-state index is 13.3. The van der Waals surface area contributed by atoms with E-state index in [2.05, 4.69) is 4.74 Å². The van der Waals surface area contributed by atoms with Crippen LogP contribution in [0.2, 0.25) is 0 Å². The molecule has 0 radical (unpaired) electrons. The lowest BCUT2D eigenvalue weighted by atomic mass is 9.89. The standard InChI is InChI=1S/C27H30FNO3.C5H11NO2.C2H6/c1-4-5-23(26(31)17-30)24-16-25(19(3)14-18(24)2)27(32)29-12-10-21(11-13-29)15-20-6-8-22(28)9-7-20;1-6(2)4-5(7)8-3;1-2/h5-9,14,16-17,21H,4,10-13,15H2,1-3H3;4H2,1-3H3;1-2H3/b23-5+;;. The number of carbonyl (C=O) groups is 4. The molecule has 8 heteroatoms. The molecule has 2 aromatic rings. The van der Waals surface area contributed by atoms with Crippen LogP contribution in [0, 0.1) is 25.6 Å². The Kier molecular flexibility index (Phi) is 16.2. The molecule has 230 valence electrons. The van der Waals surface area contributed by atoms with Crippen LogP contribution in [0.3, 0.4) is 0 Å². The number of likely N-dealkylation sites (tertiary alicyclic amines) is 1. The maximum atomic E-state index is 13.3. The number of nitrogens with zero attached hydrogens (tertiary/aromatic N) is 2. The molecule has 0 aliphatic carbocycles. The first-order valence-corrected chi connectivity index (χ1v) is 14.6. The number of aryl methyl sites for hydroxylation is 2. The SMILES string of the molecule is CC.CC/C=C(/C(=O)C=O)c1cc(C(=O)N2CCC(Cc3ccc(F)cc3)CC2)c(C)cc1C.COC(=O)CN(C)C. The normalized spacial score (nSPS) is 13.4. The molecule has 3 rings (SSSR count).